The van der Waals surface area contributed by atoms with Crippen LogP contribution in [-0.2, 0) is 32.0 Å². The average Bonchev–Trinajstić information content (AvgIpc) is 3.28. The first-order valence-corrected chi connectivity index (χ1v) is 22.4. The predicted molar refractivity (Wildman–Crippen MR) is 250 cm³/mol. The van der Waals surface area contributed by atoms with Gasteiger partial charge < -0.3 is 36.9 Å². The van der Waals surface area contributed by atoms with Crippen molar-refractivity contribution in [2.45, 2.75) is 84.7 Å². The number of Topliss-reactive ketones (excluding diaryl/α,β-unsaturated/α-hetero) is 3. The van der Waals surface area contributed by atoms with E-state index in [1.54, 1.807) is 43.3 Å². The number of aromatic nitrogens is 1. The van der Waals surface area contributed by atoms with Crippen molar-refractivity contribution in [3.05, 3.63) is 101 Å². The quantitative estimate of drug-likeness (QED) is 0.0813. The molecule has 1 aromatic heterocycles. The molecule has 3 aromatic carbocycles. The number of hydrogen-bond donors (Lipinski definition) is 4. The SMILES string of the molecule is Cc1cc(-c2ccc(CC(C)C)nc2)ccc1C(=O)C[C@@H](CCN)C(=O)N(C)[C@@H]1C(=O)C[C@@H](C)C(=O)N[C@H](C(=O)CCC#N)Cc2ccc(OCCN)c(c2)-c2cc1ccc2OCCN. The summed E-state index contributed by atoms with van der Waals surface area (Å²) >= 11 is 0. The zero-order chi connectivity index (χ0) is 47.2. The monoisotopic (exact) mass is 885 g/mol. The molecule has 4 bridgehead atoms. The van der Waals surface area contributed by atoms with Gasteiger partial charge in [-0.1, -0.05) is 57.2 Å². The number of nitrogens with one attached hydrogen (secondary N) is 1. The maximum Gasteiger partial charge on any atom is 0.226 e. The molecule has 2 heterocycles. The van der Waals surface area contributed by atoms with Crippen LogP contribution in [0, 0.1) is 36.0 Å². The zero-order valence-corrected chi connectivity index (χ0v) is 38.2. The maximum atomic E-state index is 14.8. The predicted octanol–water partition coefficient (Wildman–Crippen LogP) is 5.84. The van der Waals surface area contributed by atoms with Gasteiger partial charge in [0.2, 0.25) is 11.8 Å². The largest absolute Gasteiger partial charge is 0.492 e. The summed E-state index contributed by atoms with van der Waals surface area (Å²) < 4.78 is 12.3. The van der Waals surface area contributed by atoms with Crippen LogP contribution in [0.15, 0.2) is 72.9 Å². The summed E-state index contributed by atoms with van der Waals surface area (Å²) in [6.45, 7) is 8.65. The smallest absolute Gasteiger partial charge is 0.226 e. The fourth-order valence-corrected chi connectivity index (χ4v) is 8.27. The Bertz CT molecular complexity index is 2380. The van der Waals surface area contributed by atoms with Gasteiger partial charge >= 0.3 is 0 Å². The minimum absolute atomic E-state index is 0.0265. The van der Waals surface area contributed by atoms with Gasteiger partial charge in [-0.05, 0) is 91.2 Å². The molecular weight excluding hydrogens is 823 g/mol. The number of ketones is 3. The highest BCUT2D eigenvalue weighted by Crippen LogP contribution is 2.41. The second kappa shape index (κ2) is 23.6. The lowest BCUT2D eigenvalue weighted by Crippen LogP contribution is -2.46. The number of nitriles is 1. The second-order valence-corrected chi connectivity index (χ2v) is 17.2. The minimum atomic E-state index is -1.22. The van der Waals surface area contributed by atoms with Crippen molar-refractivity contribution in [3.63, 3.8) is 0 Å². The molecule has 0 aliphatic carbocycles. The fourth-order valence-electron chi connectivity index (χ4n) is 8.27. The van der Waals surface area contributed by atoms with E-state index >= 15 is 0 Å². The van der Waals surface area contributed by atoms with E-state index in [0.29, 0.717) is 45.2 Å². The Morgan fingerprint density at radius 1 is 0.892 bits per heavy atom. The molecular formula is C51H63N7O7. The topological polar surface area (TPSA) is 234 Å². The Hall–Kier alpha value is -6.27. The third-order valence-electron chi connectivity index (χ3n) is 11.6. The lowest BCUT2D eigenvalue weighted by molar-refractivity contribution is -0.142. The molecule has 0 radical (unpaired) electrons. The number of carbonyl (C=O) groups excluding carboxylic acids is 5. The highest BCUT2D eigenvalue weighted by molar-refractivity contribution is 6.01. The molecule has 7 N–H and O–H groups in total. The summed E-state index contributed by atoms with van der Waals surface area (Å²) in [6, 6.07) is 20.0. The van der Waals surface area contributed by atoms with Crippen molar-refractivity contribution in [2.75, 3.05) is 39.9 Å². The number of nitrogens with two attached hydrogens (primary N) is 3. The minimum Gasteiger partial charge on any atom is -0.492 e. The van der Waals surface area contributed by atoms with Crippen molar-refractivity contribution in [2.24, 2.45) is 35.0 Å². The van der Waals surface area contributed by atoms with E-state index in [-0.39, 0.29) is 82.9 Å². The maximum absolute atomic E-state index is 14.8. The number of amides is 2. The molecule has 1 aliphatic rings. The van der Waals surface area contributed by atoms with Crippen LogP contribution in [0.2, 0.25) is 0 Å². The van der Waals surface area contributed by atoms with E-state index in [1.807, 2.05) is 49.5 Å². The van der Waals surface area contributed by atoms with Crippen molar-refractivity contribution in [1.82, 2.24) is 15.2 Å². The number of likely N-dealkylation sites (N-methyl/N-ethyl adjacent to an activating group) is 1. The highest BCUT2D eigenvalue weighted by Gasteiger charge is 2.36. The van der Waals surface area contributed by atoms with E-state index in [4.69, 9.17) is 26.7 Å². The third kappa shape index (κ3) is 12.9. The second-order valence-electron chi connectivity index (χ2n) is 17.2. The van der Waals surface area contributed by atoms with E-state index in [1.165, 1.54) is 11.9 Å². The fraction of sp³-hybridized carbons (Fsp3) is 0.431. The first kappa shape index (κ1) is 49.7. The van der Waals surface area contributed by atoms with Crippen LogP contribution in [0.4, 0.5) is 0 Å². The third-order valence-corrected chi connectivity index (χ3v) is 11.6. The van der Waals surface area contributed by atoms with Crippen LogP contribution in [-0.4, -0.2) is 85.0 Å². The van der Waals surface area contributed by atoms with Gasteiger partial charge in [0, 0.05) is 91.8 Å². The van der Waals surface area contributed by atoms with Gasteiger partial charge in [0.15, 0.2) is 17.3 Å². The number of carbonyl (C=O) groups is 5. The van der Waals surface area contributed by atoms with Crippen molar-refractivity contribution < 1.29 is 33.4 Å². The van der Waals surface area contributed by atoms with Crippen LogP contribution in [0.25, 0.3) is 22.3 Å². The summed E-state index contributed by atoms with van der Waals surface area (Å²) in [5.41, 5.74) is 24.1. The zero-order valence-electron chi connectivity index (χ0n) is 38.2. The molecule has 1 aliphatic heterocycles. The molecule has 14 heteroatoms. The molecule has 0 saturated heterocycles. The Kier molecular flexibility index (Phi) is 18.1. The van der Waals surface area contributed by atoms with E-state index < -0.39 is 41.5 Å². The van der Waals surface area contributed by atoms with E-state index in [2.05, 4.69) is 24.1 Å². The molecule has 0 saturated carbocycles. The molecule has 0 unspecified atom stereocenters. The number of nitrogens with zero attached hydrogens (tertiary/aromatic N) is 3. The van der Waals surface area contributed by atoms with Crippen molar-refractivity contribution in [1.29, 1.82) is 5.26 Å². The molecule has 4 aromatic rings. The number of rotatable bonds is 19. The molecule has 2 amide bonds. The summed E-state index contributed by atoms with van der Waals surface area (Å²) in [6.07, 6.45) is 2.46. The van der Waals surface area contributed by atoms with Gasteiger partial charge in [-0.25, -0.2) is 0 Å². The van der Waals surface area contributed by atoms with Gasteiger partial charge in [0.1, 0.15) is 30.8 Å². The molecule has 0 spiro atoms. The Balaban J connectivity index is 1.55. The number of aryl methyl sites for hydroxylation is 1. The lowest BCUT2D eigenvalue weighted by Gasteiger charge is -2.32. The standard InChI is InChI=1S/C51H63N7O7/c1-31(2)23-39-12-9-38(30-56-39)35-10-13-40(32(3)24-35)45(60)29-37(16-18-53)51(63)58(5)49-36-11-15-48(65-22-20-55)42(28-36)41-26-34(8-14-47(41)64-21-19-54)27-43(44(59)7-6-17-52)57-50(62)33(4)25-46(49)61/h8-15,24,26,28,30-31,33,37,43,49H,6-7,16,18-23,25,27,29,53-55H2,1-5H3,(H,57,62)/t33-,37-,43+,49+/m1/s1. The average molecular weight is 886 g/mol. The highest BCUT2D eigenvalue weighted by atomic mass is 16.5. The molecule has 0 fully saturated rings. The number of benzene rings is 3. The van der Waals surface area contributed by atoms with Crippen LogP contribution in [0.1, 0.15) is 91.7 Å². The van der Waals surface area contributed by atoms with Gasteiger partial charge in [-0.15, -0.1) is 0 Å². The first-order valence-electron chi connectivity index (χ1n) is 22.4. The van der Waals surface area contributed by atoms with Crippen molar-refractivity contribution >= 4 is 29.2 Å². The summed E-state index contributed by atoms with van der Waals surface area (Å²) in [5, 5.41) is 12.1. The van der Waals surface area contributed by atoms with Gasteiger partial charge in [0.25, 0.3) is 0 Å². The Morgan fingerprint density at radius 3 is 2.18 bits per heavy atom. The van der Waals surface area contributed by atoms with Crippen molar-refractivity contribution in [3.8, 4) is 39.8 Å². The Labute approximate surface area is 382 Å². The van der Waals surface area contributed by atoms with E-state index in [9.17, 15) is 29.2 Å². The number of ether oxygens (including phenoxy) is 2. The van der Waals surface area contributed by atoms with Crippen LogP contribution in [0.3, 0.4) is 0 Å². The normalized spacial score (nSPS) is 16.8. The van der Waals surface area contributed by atoms with Crippen LogP contribution >= 0.6 is 0 Å². The summed E-state index contributed by atoms with van der Waals surface area (Å²) in [4.78, 5) is 76.8. The lowest BCUT2D eigenvalue weighted by atomic mass is 9.87. The van der Waals surface area contributed by atoms with E-state index in [0.717, 1.165) is 28.8 Å². The molecule has 14 nitrogen and oxygen atoms in total. The number of hydrogen-bond acceptors (Lipinski definition) is 12. The molecule has 65 heavy (non-hydrogen) atoms. The van der Waals surface area contributed by atoms with Crippen LogP contribution < -0.4 is 32.0 Å². The Morgan fingerprint density at radius 2 is 1.57 bits per heavy atom. The van der Waals surface area contributed by atoms with Crippen LogP contribution in [0.5, 0.6) is 11.5 Å². The number of fused-ring (bicyclic) bond motifs is 5. The van der Waals surface area contributed by atoms with Gasteiger partial charge in [0.05, 0.1) is 12.1 Å². The molecule has 4 atom stereocenters. The summed E-state index contributed by atoms with van der Waals surface area (Å²) in [7, 11) is 1.52. The van der Waals surface area contributed by atoms with Gasteiger partial charge in [-0.3, -0.25) is 29.0 Å². The molecule has 344 valence electrons. The first-order chi connectivity index (χ1) is 31.2. The summed E-state index contributed by atoms with van der Waals surface area (Å²) in [5.74, 6) is -2.44. The molecule has 5 rings (SSSR count). The number of pyridine rings is 1. The van der Waals surface area contributed by atoms with Gasteiger partial charge in [-0.2, -0.15) is 5.26 Å².